The third-order valence-corrected chi connectivity index (χ3v) is 2.74. The van der Waals surface area contributed by atoms with Gasteiger partial charge in [0.25, 0.3) is 5.91 Å². The summed E-state index contributed by atoms with van der Waals surface area (Å²) in [4.78, 5) is 27.1. The summed E-state index contributed by atoms with van der Waals surface area (Å²) in [7, 11) is 0. The van der Waals surface area contributed by atoms with E-state index in [-0.39, 0.29) is 11.9 Å². The molecule has 20 heavy (non-hydrogen) atoms. The summed E-state index contributed by atoms with van der Waals surface area (Å²) >= 11 is 0. The van der Waals surface area contributed by atoms with E-state index in [4.69, 9.17) is 0 Å². The Labute approximate surface area is 116 Å². The Kier molecular flexibility index (Phi) is 4.49. The number of carbonyl (C=O) groups excluding carboxylic acids is 2. The monoisotopic (exact) mass is 272 g/mol. The molecule has 0 saturated heterocycles. The molecular weight excluding hydrogens is 256 g/mol. The van der Waals surface area contributed by atoms with Gasteiger partial charge in [0, 0.05) is 31.0 Å². The van der Waals surface area contributed by atoms with Crippen LogP contribution in [0.25, 0.3) is 0 Å². The first-order chi connectivity index (χ1) is 9.66. The Balaban J connectivity index is 1.72. The predicted octanol–water partition coefficient (Wildman–Crippen LogP) is 1.18. The van der Waals surface area contributed by atoms with Crippen molar-refractivity contribution in [3.63, 3.8) is 0 Å². The number of hydrogen-bond donors (Lipinski definition) is 2. The van der Waals surface area contributed by atoms with Gasteiger partial charge < -0.3 is 10.6 Å². The summed E-state index contributed by atoms with van der Waals surface area (Å²) in [6, 6.07) is 7.04. The fraction of sp³-hybridized carbons (Fsp3) is 0.214. The molecule has 0 aliphatic heterocycles. The number of benzene rings is 1. The Morgan fingerprint density at radius 1 is 1.15 bits per heavy atom. The standard InChI is InChI=1S/C14H16N4O2/c1-11-2-4-12(5-3-11)13(19)16-6-7-17-14(20)18-9-8-15-10-18/h2-5,8-10H,6-7H2,1H3,(H,16,19)(H,17,20). The second-order valence-electron chi connectivity index (χ2n) is 4.32. The molecule has 6 nitrogen and oxygen atoms in total. The van der Waals surface area contributed by atoms with Crippen LogP contribution in [0.15, 0.2) is 43.0 Å². The zero-order valence-electron chi connectivity index (χ0n) is 11.2. The van der Waals surface area contributed by atoms with E-state index in [1.54, 1.807) is 18.3 Å². The number of aromatic nitrogens is 2. The maximum Gasteiger partial charge on any atom is 0.326 e. The van der Waals surface area contributed by atoms with Gasteiger partial charge in [-0.2, -0.15) is 0 Å². The van der Waals surface area contributed by atoms with Crippen molar-refractivity contribution in [1.82, 2.24) is 20.2 Å². The van der Waals surface area contributed by atoms with E-state index < -0.39 is 0 Å². The molecule has 2 N–H and O–H groups in total. The van der Waals surface area contributed by atoms with Crippen molar-refractivity contribution in [2.24, 2.45) is 0 Å². The lowest BCUT2D eigenvalue weighted by Crippen LogP contribution is -2.36. The van der Waals surface area contributed by atoms with Crippen LogP contribution in [0.3, 0.4) is 0 Å². The second-order valence-corrected chi connectivity index (χ2v) is 4.32. The van der Waals surface area contributed by atoms with Crippen LogP contribution in [0.4, 0.5) is 4.79 Å². The molecule has 0 spiro atoms. The van der Waals surface area contributed by atoms with E-state index in [0.717, 1.165) is 5.56 Å². The van der Waals surface area contributed by atoms with Gasteiger partial charge in [0.2, 0.25) is 0 Å². The van der Waals surface area contributed by atoms with Crippen LogP contribution in [-0.2, 0) is 0 Å². The van der Waals surface area contributed by atoms with E-state index >= 15 is 0 Å². The van der Waals surface area contributed by atoms with Gasteiger partial charge in [-0.05, 0) is 19.1 Å². The molecule has 0 radical (unpaired) electrons. The van der Waals surface area contributed by atoms with Crippen molar-refractivity contribution in [3.8, 4) is 0 Å². The molecule has 0 atom stereocenters. The molecule has 0 unspecified atom stereocenters. The van der Waals surface area contributed by atoms with Crippen molar-refractivity contribution >= 4 is 11.9 Å². The average molecular weight is 272 g/mol. The van der Waals surface area contributed by atoms with Crippen LogP contribution >= 0.6 is 0 Å². The van der Waals surface area contributed by atoms with Crippen LogP contribution < -0.4 is 10.6 Å². The van der Waals surface area contributed by atoms with Crippen LogP contribution in [0.1, 0.15) is 15.9 Å². The molecule has 2 amide bonds. The third-order valence-electron chi connectivity index (χ3n) is 2.74. The Morgan fingerprint density at radius 3 is 2.50 bits per heavy atom. The third kappa shape index (κ3) is 3.68. The molecule has 2 aromatic rings. The molecule has 6 heteroatoms. The smallest absolute Gasteiger partial charge is 0.326 e. The van der Waals surface area contributed by atoms with E-state index in [0.29, 0.717) is 18.7 Å². The molecule has 104 valence electrons. The average Bonchev–Trinajstić information content (AvgIpc) is 2.98. The first kappa shape index (κ1) is 13.8. The highest BCUT2D eigenvalue weighted by Gasteiger charge is 2.05. The quantitative estimate of drug-likeness (QED) is 0.821. The topological polar surface area (TPSA) is 76.0 Å². The summed E-state index contributed by atoms with van der Waals surface area (Å²) < 4.78 is 1.34. The number of amides is 2. The summed E-state index contributed by atoms with van der Waals surface area (Å²) in [5.41, 5.74) is 1.71. The van der Waals surface area contributed by atoms with Crippen molar-refractivity contribution in [2.45, 2.75) is 6.92 Å². The molecule has 2 rings (SSSR count). The van der Waals surface area contributed by atoms with Crippen LogP contribution in [-0.4, -0.2) is 34.6 Å². The number of nitrogens with zero attached hydrogens (tertiary/aromatic N) is 2. The highest BCUT2D eigenvalue weighted by Crippen LogP contribution is 2.02. The minimum Gasteiger partial charge on any atom is -0.350 e. The minimum atomic E-state index is -0.271. The summed E-state index contributed by atoms with van der Waals surface area (Å²) in [6.07, 6.45) is 4.50. The molecule has 0 aliphatic rings. The molecular formula is C14H16N4O2. The van der Waals surface area contributed by atoms with Crippen molar-refractivity contribution in [3.05, 3.63) is 54.1 Å². The Hall–Kier alpha value is -2.63. The molecule has 0 saturated carbocycles. The first-order valence-electron chi connectivity index (χ1n) is 6.28. The number of carbonyl (C=O) groups is 2. The zero-order valence-corrected chi connectivity index (χ0v) is 11.2. The highest BCUT2D eigenvalue weighted by atomic mass is 16.2. The lowest BCUT2D eigenvalue weighted by Gasteiger charge is -2.07. The largest absolute Gasteiger partial charge is 0.350 e. The Morgan fingerprint density at radius 2 is 1.85 bits per heavy atom. The van der Waals surface area contributed by atoms with Gasteiger partial charge in [0.05, 0.1) is 0 Å². The predicted molar refractivity (Wildman–Crippen MR) is 74.5 cm³/mol. The molecule has 0 fully saturated rings. The zero-order chi connectivity index (χ0) is 14.4. The fourth-order valence-electron chi connectivity index (χ4n) is 1.62. The second kappa shape index (κ2) is 6.51. The van der Waals surface area contributed by atoms with E-state index in [1.165, 1.54) is 17.1 Å². The summed E-state index contributed by atoms with van der Waals surface area (Å²) in [6.45, 7) is 2.69. The summed E-state index contributed by atoms with van der Waals surface area (Å²) in [5, 5.41) is 5.41. The highest BCUT2D eigenvalue weighted by molar-refractivity contribution is 5.94. The summed E-state index contributed by atoms with van der Waals surface area (Å²) in [5.74, 6) is -0.151. The van der Waals surface area contributed by atoms with Gasteiger partial charge in [-0.3, -0.25) is 9.36 Å². The van der Waals surface area contributed by atoms with E-state index in [9.17, 15) is 9.59 Å². The van der Waals surface area contributed by atoms with Gasteiger partial charge in [-0.1, -0.05) is 17.7 Å². The maximum absolute atomic E-state index is 11.8. The first-order valence-corrected chi connectivity index (χ1v) is 6.28. The van der Waals surface area contributed by atoms with E-state index in [2.05, 4.69) is 15.6 Å². The van der Waals surface area contributed by atoms with Crippen LogP contribution in [0, 0.1) is 6.92 Å². The number of aryl methyl sites for hydroxylation is 1. The maximum atomic E-state index is 11.8. The molecule has 0 bridgehead atoms. The van der Waals surface area contributed by atoms with Gasteiger partial charge in [-0.15, -0.1) is 0 Å². The SMILES string of the molecule is Cc1ccc(C(=O)NCCNC(=O)n2ccnc2)cc1. The van der Waals surface area contributed by atoms with Gasteiger partial charge in [-0.25, -0.2) is 9.78 Å². The lowest BCUT2D eigenvalue weighted by molar-refractivity contribution is 0.0954. The Bertz CT molecular complexity index is 576. The van der Waals surface area contributed by atoms with Crippen molar-refractivity contribution in [1.29, 1.82) is 0 Å². The van der Waals surface area contributed by atoms with Crippen LogP contribution in [0.2, 0.25) is 0 Å². The number of rotatable bonds is 4. The molecule has 0 aliphatic carbocycles. The van der Waals surface area contributed by atoms with Crippen molar-refractivity contribution < 1.29 is 9.59 Å². The van der Waals surface area contributed by atoms with Crippen LogP contribution in [0.5, 0.6) is 0 Å². The molecule has 1 heterocycles. The number of nitrogens with one attached hydrogen (secondary N) is 2. The lowest BCUT2D eigenvalue weighted by atomic mass is 10.1. The van der Waals surface area contributed by atoms with E-state index in [1.807, 2.05) is 19.1 Å². The normalized spacial score (nSPS) is 10.1. The van der Waals surface area contributed by atoms with Crippen molar-refractivity contribution in [2.75, 3.05) is 13.1 Å². The van der Waals surface area contributed by atoms with Gasteiger partial charge in [0.1, 0.15) is 6.33 Å². The number of imidazole rings is 1. The van der Waals surface area contributed by atoms with Gasteiger partial charge >= 0.3 is 6.03 Å². The van der Waals surface area contributed by atoms with Gasteiger partial charge in [0.15, 0.2) is 0 Å². The molecule has 1 aromatic carbocycles. The fourth-order valence-corrected chi connectivity index (χ4v) is 1.62. The molecule has 1 aromatic heterocycles. The minimum absolute atomic E-state index is 0.151. The number of hydrogen-bond acceptors (Lipinski definition) is 3.